The third kappa shape index (κ3) is 3.14. The molecule has 2 heterocycles. The highest BCUT2D eigenvalue weighted by Crippen LogP contribution is 2.24. The minimum absolute atomic E-state index is 0.734. The summed E-state index contributed by atoms with van der Waals surface area (Å²) in [5, 5.41) is 4.08. The predicted octanol–water partition coefficient (Wildman–Crippen LogP) is 2.78. The summed E-state index contributed by atoms with van der Waals surface area (Å²) in [5.41, 5.74) is 0. The summed E-state index contributed by atoms with van der Waals surface area (Å²) in [5.74, 6) is 1.47. The quantitative estimate of drug-likeness (QED) is 0.828. The van der Waals surface area contributed by atoms with Gasteiger partial charge in [-0.2, -0.15) is 11.3 Å². The van der Waals surface area contributed by atoms with Gasteiger partial charge in [0.1, 0.15) is 0 Å². The first-order valence-corrected chi connectivity index (χ1v) is 5.04. The van der Waals surface area contributed by atoms with E-state index in [0.29, 0.717) is 0 Å². The molecule has 0 aliphatic carbocycles. The zero-order valence-electron chi connectivity index (χ0n) is 8.19. The first kappa shape index (κ1) is 10.7. The lowest BCUT2D eigenvalue weighted by Crippen LogP contribution is -1.84. The zero-order valence-corrected chi connectivity index (χ0v) is 9.01. The van der Waals surface area contributed by atoms with E-state index in [2.05, 4.69) is 4.98 Å². The fraction of sp³-hybridized carbons (Fsp3) is 0.200. The van der Waals surface area contributed by atoms with E-state index < -0.39 is 0 Å². The van der Waals surface area contributed by atoms with Crippen LogP contribution in [0.3, 0.4) is 0 Å². The van der Waals surface area contributed by atoms with Gasteiger partial charge in [0.2, 0.25) is 0 Å². The molecule has 0 spiro atoms. The highest BCUT2D eigenvalue weighted by atomic mass is 32.1. The lowest BCUT2D eigenvalue weighted by molar-refractivity contribution is 0.358. The molecule has 0 radical (unpaired) electrons. The molecular formula is C10H13NO2S. The number of methoxy groups -OCH3 is 2. The van der Waals surface area contributed by atoms with E-state index in [0.717, 1.165) is 11.5 Å². The van der Waals surface area contributed by atoms with Crippen LogP contribution in [0.1, 0.15) is 0 Å². The Balaban J connectivity index is 0.000000165. The molecule has 76 valence electrons. The van der Waals surface area contributed by atoms with Crippen LogP contribution in [0.2, 0.25) is 0 Å². The first-order valence-electron chi connectivity index (χ1n) is 4.10. The molecule has 0 atom stereocenters. The predicted molar refractivity (Wildman–Crippen MR) is 58.2 cm³/mol. The molecule has 0 saturated carbocycles. The van der Waals surface area contributed by atoms with Crippen molar-refractivity contribution in [2.75, 3.05) is 14.2 Å². The molecule has 0 unspecified atom stereocenters. The minimum atomic E-state index is 0.734. The molecule has 3 nitrogen and oxygen atoms in total. The van der Waals surface area contributed by atoms with Gasteiger partial charge in [0.25, 0.3) is 0 Å². The topological polar surface area (TPSA) is 34.2 Å². The van der Waals surface area contributed by atoms with Crippen molar-refractivity contribution in [3.8, 4) is 11.5 Å². The van der Waals surface area contributed by atoms with Crippen molar-refractivity contribution in [3.05, 3.63) is 35.3 Å². The van der Waals surface area contributed by atoms with Crippen LogP contribution in [0.4, 0.5) is 0 Å². The van der Waals surface area contributed by atoms with Crippen molar-refractivity contribution in [2.45, 2.75) is 0 Å². The number of ether oxygens (including phenoxy) is 2. The molecule has 14 heavy (non-hydrogen) atoms. The summed E-state index contributed by atoms with van der Waals surface area (Å²) >= 11 is 1.71. The van der Waals surface area contributed by atoms with Crippen LogP contribution in [0, 0.1) is 0 Å². The Morgan fingerprint density at radius 2 is 1.50 bits per heavy atom. The molecule has 1 N–H and O–H groups in total. The van der Waals surface area contributed by atoms with Crippen LogP contribution in [0.5, 0.6) is 11.5 Å². The number of thiophene rings is 1. The maximum absolute atomic E-state index is 4.92. The van der Waals surface area contributed by atoms with E-state index >= 15 is 0 Å². The number of H-pyrrole nitrogens is 1. The van der Waals surface area contributed by atoms with Gasteiger partial charge in [-0.1, -0.05) is 12.1 Å². The molecular weight excluding hydrogens is 198 g/mol. The fourth-order valence-electron chi connectivity index (χ4n) is 0.881. The normalized spacial score (nSPS) is 8.71. The van der Waals surface area contributed by atoms with Crippen molar-refractivity contribution in [3.63, 3.8) is 0 Å². The monoisotopic (exact) mass is 211 g/mol. The van der Waals surface area contributed by atoms with Crippen LogP contribution in [0.15, 0.2) is 35.3 Å². The zero-order chi connectivity index (χ0) is 10.2. The van der Waals surface area contributed by atoms with Gasteiger partial charge < -0.3 is 14.5 Å². The average Bonchev–Trinajstić information content (AvgIpc) is 2.91. The number of nitrogens with one attached hydrogen (secondary N) is 1. The Morgan fingerprint density at radius 1 is 1.00 bits per heavy atom. The Morgan fingerprint density at radius 3 is 1.79 bits per heavy atom. The minimum Gasteiger partial charge on any atom is -0.491 e. The molecule has 0 saturated heterocycles. The molecule has 2 rings (SSSR count). The summed E-state index contributed by atoms with van der Waals surface area (Å²) in [6, 6.07) is 4.04. The van der Waals surface area contributed by atoms with E-state index in [-0.39, 0.29) is 0 Å². The molecule has 0 aliphatic heterocycles. The summed E-state index contributed by atoms with van der Waals surface area (Å²) in [4.78, 5) is 2.85. The van der Waals surface area contributed by atoms with Crippen LogP contribution in [-0.4, -0.2) is 19.2 Å². The smallest absolute Gasteiger partial charge is 0.178 e. The second kappa shape index (κ2) is 6.10. The van der Waals surface area contributed by atoms with Crippen LogP contribution < -0.4 is 9.47 Å². The van der Waals surface area contributed by atoms with Crippen LogP contribution >= 0.6 is 11.3 Å². The maximum Gasteiger partial charge on any atom is 0.178 e. The average molecular weight is 211 g/mol. The molecule has 2 aromatic heterocycles. The van der Waals surface area contributed by atoms with Gasteiger partial charge in [0, 0.05) is 12.4 Å². The van der Waals surface area contributed by atoms with E-state index in [4.69, 9.17) is 9.47 Å². The molecule has 0 bridgehead atoms. The molecule has 0 fully saturated rings. The number of aromatic nitrogens is 1. The maximum atomic E-state index is 4.92. The molecule has 0 aliphatic rings. The van der Waals surface area contributed by atoms with Crippen molar-refractivity contribution < 1.29 is 9.47 Å². The van der Waals surface area contributed by atoms with Crippen LogP contribution in [-0.2, 0) is 0 Å². The van der Waals surface area contributed by atoms with Crippen molar-refractivity contribution in [2.24, 2.45) is 0 Å². The Kier molecular flexibility index (Phi) is 4.64. The molecule has 0 aromatic carbocycles. The van der Waals surface area contributed by atoms with E-state index in [1.807, 2.05) is 22.9 Å². The van der Waals surface area contributed by atoms with Gasteiger partial charge in [-0.05, 0) is 10.8 Å². The highest BCUT2D eigenvalue weighted by molar-refractivity contribution is 7.07. The number of hydrogen-bond acceptors (Lipinski definition) is 3. The van der Waals surface area contributed by atoms with Crippen molar-refractivity contribution in [1.29, 1.82) is 0 Å². The van der Waals surface area contributed by atoms with Crippen molar-refractivity contribution >= 4 is 11.3 Å². The third-order valence-electron chi connectivity index (χ3n) is 1.54. The second-order valence-corrected chi connectivity index (χ2v) is 3.20. The van der Waals surface area contributed by atoms with E-state index in [1.165, 1.54) is 0 Å². The first-order chi connectivity index (χ1) is 6.88. The number of aromatic amines is 1. The SMILES string of the molecule is COc1c[nH]cc1OC.c1ccsc1. The summed E-state index contributed by atoms with van der Waals surface area (Å²) in [6.45, 7) is 0. The summed E-state index contributed by atoms with van der Waals surface area (Å²) in [6.07, 6.45) is 3.47. The van der Waals surface area contributed by atoms with Crippen LogP contribution in [0.25, 0.3) is 0 Å². The summed E-state index contributed by atoms with van der Waals surface area (Å²) < 4.78 is 9.84. The number of hydrogen-bond donors (Lipinski definition) is 1. The number of rotatable bonds is 2. The molecule has 4 heteroatoms. The third-order valence-corrected chi connectivity index (χ3v) is 2.17. The van der Waals surface area contributed by atoms with Crippen molar-refractivity contribution in [1.82, 2.24) is 4.98 Å². The summed E-state index contributed by atoms with van der Waals surface area (Å²) in [7, 11) is 3.21. The van der Waals surface area contributed by atoms with Gasteiger partial charge >= 0.3 is 0 Å². The van der Waals surface area contributed by atoms with Gasteiger partial charge in [-0.25, -0.2) is 0 Å². The molecule has 2 aromatic rings. The van der Waals surface area contributed by atoms with Gasteiger partial charge in [-0.15, -0.1) is 0 Å². The standard InChI is InChI=1S/C6H9NO2.C4H4S/c1-8-5-3-7-4-6(5)9-2;1-2-4-5-3-1/h3-4,7H,1-2H3;1-4H. The lowest BCUT2D eigenvalue weighted by Gasteiger charge is -1.97. The fourth-order valence-corrected chi connectivity index (χ4v) is 1.33. The largest absolute Gasteiger partial charge is 0.491 e. The lowest BCUT2D eigenvalue weighted by atomic mass is 10.5. The Labute approximate surface area is 87.3 Å². The highest BCUT2D eigenvalue weighted by Gasteiger charge is 1.99. The second-order valence-electron chi connectivity index (χ2n) is 2.39. The Hall–Kier alpha value is -1.42. The van der Waals surface area contributed by atoms with E-state index in [9.17, 15) is 0 Å². The van der Waals surface area contributed by atoms with E-state index in [1.54, 1.807) is 38.0 Å². The Bertz CT molecular complexity index is 294. The van der Waals surface area contributed by atoms with Gasteiger partial charge in [0.15, 0.2) is 11.5 Å². The van der Waals surface area contributed by atoms with Gasteiger partial charge in [0.05, 0.1) is 14.2 Å². The molecule has 0 amide bonds. The van der Waals surface area contributed by atoms with Gasteiger partial charge in [-0.3, -0.25) is 0 Å².